The van der Waals surface area contributed by atoms with Crippen LogP contribution in [-0.4, -0.2) is 66.5 Å². The van der Waals surface area contributed by atoms with Gasteiger partial charge >= 0.3 is 25.7 Å². The van der Waals surface area contributed by atoms with Crippen molar-refractivity contribution in [2.24, 2.45) is 0 Å². The van der Waals surface area contributed by atoms with Gasteiger partial charge in [0.25, 0.3) is 0 Å². The molecule has 3 atom stereocenters. The normalized spacial score (nSPS) is 13.7. The molecule has 2 N–H and O–H groups in total. The Bertz CT molecular complexity index is 1360. The summed E-state index contributed by atoms with van der Waals surface area (Å²) in [5, 5.41) is 9.76. The molecule has 70 heavy (non-hydrogen) atoms. The molecule has 0 amide bonds. The zero-order valence-electron chi connectivity index (χ0n) is 45.0. The molecule has 0 saturated carbocycles. The van der Waals surface area contributed by atoms with Crippen LogP contribution in [0.25, 0.3) is 0 Å². The van der Waals surface area contributed by atoms with Crippen molar-refractivity contribution in [1.82, 2.24) is 0 Å². The minimum Gasteiger partial charge on any atom is -0.462 e. The molecule has 0 aromatic rings. The molecule has 3 unspecified atom stereocenters. The van der Waals surface area contributed by atoms with Gasteiger partial charge < -0.3 is 24.2 Å². The van der Waals surface area contributed by atoms with Crippen molar-refractivity contribution in [2.45, 2.75) is 277 Å². The lowest BCUT2D eigenvalue weighted by Crippen LogP contribution is -2.30. The molecule has 0 aromatic heterocycles. The number of phosphoric ester groups is 1. The lowest BCUT2D eigenvalue weighted by atomic mass is 10.1. The first-order valence-corrected chi connectivity index (χ1v) is 30.0. The highest BCUT2D eigenvalue weighted by Gasteiger charge is 2.28. The number of allylic oxidation sites excluding steroid dienone is 8. The van der Waals surface area contributed by atoms with Crippen LogP contribution >= 0.6 is 7.82 Å². The second-order valence-electron chi connectivity index (χ2n) is 19.1. The summed E-state index contributed by atoms with van der Waals surface area (Å²) in [6, 6.07) is 0. The third-order valence-corrected chi connectivity index (χ3v) is 13.2. The summed E-state index contributed by atoms with van der Waals surface area (Å²) in [6.07, 6.45) is 55.0. The van der Waals surface area contributed by atoms with E-state index in [0.717, 1.165) is 96.3 Å². The van der Waals surface area contributed by atoms with Crippen LogP contribution in [0.15, 0.2) is 48.6 Å². The van der Waals surface area contributed by atoms with E-state index in [-0.39, 0.29) is 25.9 Å². The average Bonchev–Trinajstić information content (AvgIpc) is 3.35. The van der Waals surface area contributed by atoms with Crippen LogP contribution in [-0.2, 0) is 42.2 Å². The van der Waals surface area contributed by atoms with E-state index in [1.165, 1.54) is 109 Å². The number of hydrogen-bond donors (Lipinski definition) is 2. The van der Waals surface area contributed by atoms with E-state index < -0.39 is 57.8 Å². The maximum absolute atomic E-state index is 12.9. The van der Waals surface area contributed by atoms with Crippen molar-refractivity contribution < 1.29 is 52.2 Å². The Kier molecular flexibility index (Phi) is 50.8. The van der Waals surface area contributed by atoms with Crippen LogP contribution in [0, 0.1) is 0 Å². The van der Waals surface area contributed by atoms with Crippen LogP contribution in [0.3, 0.4) is 0 Å². The maximum atomic E-state index is 12.9. The summed E-state index contributed by atoms with van der Waals surface area (Å²) >= 11 is 0. The van der Waals surface area contributed by atoms with E-state index in [1.54, 1.807) is 0 Å². The van der Waals surface area contributed by atoms with E-state index in [9.17, 15) is 28.9 Å². The molecule has 11 nitrogen and oxygen atoms in total. The summed E-state index contributed by atoms with van der Waals surface area (Å²) in [5.74, 6) is -1.48. The van der Waals surface area contributed by atoms with Crippen LogP contribution in [0.4, 0.5) is 0 Å². The second kappa shape index (κ2) is 52.8. The number of carbonyl (C=O) groups excluding carboxylic acids is 3. The first-order chi connectivity index (χ1) is 34.2. The van der Waals surface area contributed by atoms with Crippen molar-refractivity contribution in [3.8, 4) is 0 Å². The lowest BCUT2D eigenvalue weighted by Gasteiger charge is -2.21. The number of ether oxygens (including phenoxy) is 3. The highest BCUT2D eigenvalue weighted by molar-refractivity contribution is 7.47. The molecular weight excluding hydrogens is 904 g/mol. The number of rotatable bonds is 53. The Morgan fingerprint density at radius 1 is 0.400 bits per heavy atom. The van der Waals surface area contributed by atoms with Gasteiger partial charge in [-0.3, -0.25) is 23.4 Å². The van der Waals surface area contributed by atoms with Crippen molar-refractivity contribution in [2.75, 3.05) is 26.4 Å². The maximum Gasteiger partial charge on any atom is 0.472 e. The molecule has 0 aliphatic carbocycles. The number of aliphatic hydroxyl groups excluding tert-OH is 1. The highest BCUT2D eigenvalue weighted by atomic mass is 31.2. The summed E-state index contributed by atoms with van der Waals surface area (Å²) in [6.45, 7) is 4.57. The smallest absolute Gasteiger partial charge is 0.462 e. The number of esters is 3. The van der Waals surface area contributed by atoms with Crippen LogP contribution in [0.5, 0.6) is 0 Å². The average molecular weight is 1010 g/mol. The molecule has 0 bridgehead atoms. The second-order valence-corrected chi connectivity index (χ2v) is 20.6. The van der Waals surface area contributed by atoms with Gasteiger partial charge in [-0.05, 0) is 83.5 Å². The molecule has 0 aromatic carbocycles. The molecule has 12 heteroatoms. The van der Waals surface area contributed by atoms with Gasteiger partial charge in [0.15, 0.2) is 6.10 Å². The predicted molar refractivity (Wildman–Crippen MR) is 289 cm³/mol. The first kappa shape index (κ1) is 67.4. The fraction of sp³-hybridized carbons (Fsp3) is 0.810. The molecule has 0 heterocycles. The Balaban J connectivity index is 4.71. The molecular formula is C58H105O11P. The number of carbonyl (C=O) groups is 3. The number of unbranched alkanes of at least 4 members (excludes halogenated alkanes) is 28. The van der Waals surface area contributed by atoms with E-state index in [2.05, 4.69) is 69.4 Å². The Hall–Kier alpha value is -2.56. The van der Waals surface area contributed by atoms with Gasteiger partial charge in [-0.2, -0.15) is 0 Å². The van der Waals surface area contributed by atoms with Gasteiger partial charge in [0.2, 0.25) is 0 Å². The Morgan fingerprint density at radius 2 is 0.700 bits per heavy atom. The minimum absolute atomic E-state index is 0.152. The number of hydrogen-bond acceptors (Lipinski definition) is 10. The molecule has 0 saturated heterocycles. The SMILES string of the molecule is CCCCC/C=C\C/C=C\CCCCCCCCCCCC(=O)OCC(COP(=O)(O)OCC(CO)OC(=O)CCCCCCCCCCC)OC(=O)CCCCCCC/C=C\C/C=C\CCCCC. The fourth-order valence-corrected chi connectivity index (χ4v) is 8.61. The summed E-state index contributed by atoms with van der Waals surface area (Å²) in [7, 11) is -4.74. The fourth-order valence-electron chi connectivity index (χ4n) is 7.83. The topological polar surface area (TPSA) is 155 Å². The van der Waals surface area contributed by atoms with Crippen molar-refractivity contribution in [3.63, 3.8) is 0 Å². The van der Waals surface area contributed by atoms with E-state index in [0.29, 0.717) is 19.3 Å². The van der Waals surface area contributed by atoms with E-state index >= 15 is 0 Å². The summed E-state index contributed by atoms with van der Waals surface area (Å²) < 4.78 is 39.4. The summed E-state index contributed by atoms with van der Waals surface area (Å²) in [5.41, 5.74) is 0. The van der Waals surface area contributed by atoms with Gasteiger partial charge in [-0.25, -0.2) is 4.57 Å². The zero-order valence-corrected chi connectivity index (χ0v) is 45.9. The Morgan fingerprint density at radius 3 is 1.09 bits per heavy atom. The van der Waals surface area contributed by atoms with Crippen LogP contribution in [0.2, 0.25) is 0 Å². The summed E-state index contributed by atoms with van der Waals surface area (Å²) in [4.78, 5) is 48.4. The highest BCUT2D eigenvalue weighted by Crippen LogP contribution is 2.43. The molecule has 0 rings (SSSR count). The zero-order chi connectivity index (χ0) is 51.3. The molecule has 0 fully saturated rings. The third kappa shape index (κ3) is 50.4. The monoisotopic (exact) mass is 1010 g/mol. The first-order valence-electron chi connectivity index (χ1n) is 28.5. The van der Waals surface area contributed by atoms with Crippen molar-refractivity contribution in [3.05, 3.63) is 48.6 Å². The number of aliphatic hydroxyl groups is 1. The molecule has 0 spiro atoms. The number of phosphoric acid groups is 1. The van der Waals surface area contributed by atoms with Gasteiger partial charge in [-0.1, -0.05) is 211 Å². The molecule has 0 radical (unpaired) electrons. The lowest BCUT2D eigenvalue weighted by molar-refractivity contribution is -0.161. The minimum atomic E-state index is -4.74. The van der Waals surface area contributed by atoms with E-state index in [1.807, 2.05) is 0 Å². The van der Waals surface area contributed by atoms with Gasteiger partial charge in [0, 0.05) is 19.3 Å². The van der Waals surface area contributed by atoms with Crippen molar-refractivity contribution in [1.29, 1.82) is 0 Å². The predicted octanol–water partition coefficient (Wildman–Crippen LogP) is 16.6. The van der Waals surface area contributed by atoms with Gasteiger partial charge in [0.1, 0.15) is 12.7 Å². The standard InChI is InChI=1S/C58H105O11P/c1-4-7-10-13-16-19-21-23-25-26-27-28-30-31-33-36-38-41-44-47-56(60)65-51-55(69-58(62)49-46-43-40-37-34-32-29-24-22-20-17-14-11-8-5-2)53-67-70(63,64)66-52-54(50-59)68-57(61)48-45-42-39-35-18-15-12-9-6-3/h16-17,19-20,23-25,29,54-55,59H,4-15,18,21-22,26-28,30-53H2,1-3H3,(H,63,64)/b19-16-,20-17-,25-23-,29-24-. The van der Waals surface area contributed by atoms with Crippen LogP contribution < -0.4 is 0 Å². The largest absolute Gasteiger partial charge is 0.472 e. The van der Waals surface area contributed by atoms with Crippen LogP contribution in [0.1, 0.15) is 265 Å². The van der Waals surface area contributed by atoms with Gasteiger partial charge in [0.05, 0.1) is 19.8 Å². The molecule has 408 valence electrons. The molecule has 0 aliphatic rings. The Labute approximate surface area is 428 Å². The quantitative estimate of drug-likeness (QED) is 0.0197. The van der Waals surface area contributed by atoms with Crippen molar-refractivity contribution >= 4 is 25.7 Å². The third-order valence-electron chi connectivity index (χ3n) is 12.2. The van der Waals surface area contributed by atoms with E-state index in [4.69, 9.17) is 23.3 Å². The van der Waals surface area contributed by atoms with Gasteiger partial charge in [-0.15, -0.1) is 0 Å². The molecule has 0 aliphatic heterocycles.